The van der Waals surface area contributed by atoms with Crippen LogP contribution in [0.2, 0.25) is 0 Å². The van der Waals surface area contributed by atoms with E-state index in [1.807, 2.05) is 35.2 Å². The predicted molar refractivity (Wildman–Crippen MR) is 127 cm³/mol. The van der Waals surface area contributed by atoms with Gasteiger partial charge in [0.2, 0.25) is 0 Å². The van der Waals surface area contributed by atoms with Gasteiger partial charge in [0.05, 0.1) is 17.0 Å². The molecule has 4 rings (SSSR count). The Morgan fingerprint density at radius 1 is 1.18 bits per heavy atom. The van der Waals surface area contributed by atoms with Crippen LogP contribution in [0.3, 0.4) is 0 Å². The van der Waals surface area contributed by atoms with Crippen LogP contribution >= 0.6 is 0 Å². The van der Waals surface area contributed by atoms with Crippen molar-refractivity contribution in [2.24, 2.45) is 0 Å². The minimum atomic E-state index is -0.479. The average Bonchev–Trinajstić information content (AvgIpc) is 2.86. The van der Waals surface area contributed by atoms with Gasteiger partial charge < -0.3 is 25.0 Å². The van der Waals surface area contributed by atoms with Crippen molar-refractivity contribution in [3.63, 3.8) is 0 Å². The lowest BCUT2D eigenvalue weighted by atomic mass is 10.1. The Kier molecular flexibility index (Phi) is 7.61. The molecule has 174 valence electrons. The van der Waals surface area contributed by atoms with Gasteiger partial charge in [-0.25, -0.2) is 9.97 Å². The Balaban J connectivity index is 1.68. The molecular weight excluding hydrogens is 424 g/mol. The summed E-state index contributed by atoms with van der Waals surface area (Å²) in [5.41, 5.74) is 2.18. The van der Waals surface area contributed by atoms with Crippen LogP contribution in [0, 0.1) is 10.1 Å². The summed E-state index contributed by atoms with van der Waals surface area (Å²) in [6, 6.07) is 13.1. The summed E-state index contributed by atoms with van der Waals surface area (Å²) in [6.07, 6.45) is 1.73. The molecule has 0 spiro atoms. The van der Waals surface area contributed by atoms with E-state index in [2.05, 4.69) is 20.6 Å². The standard InChI is InChI=1S/C23H28N6O4/c1-32-12-5-13-33-23(17-6-3-2-4-7-17)27-22-18-14-21(29(30)31)20(15-19(18)25-16-26-22)28-10-8-24-9-11-28/h2-4,6-7,14-16,23-24H,5,8-13H2,1H3,(H,25,26,27). The van der Waals surface area contributed by atoms with Gasteiger partial charge in [0.1, 0.15) is 17.8 Å². The summed E-state index contributed by atoms with van der Waals surface area (Å²) in [4.78, 5) is 22.4. The van der Waals surface area contributed by atoms with Crippen molar-refractivity contribution in [1.29, 1.82) is 0 Å². The summed E-state index contributed by atoms with van der Waals surface area (Å²) in [6.45, 7) is 4.05. The van der Waals surface area contributed by atoms with Crippen LogP contribution in [0.4, 0.5) is 17.2 Å². The number of ether oxygens (including phenoxy) is 2. The molecule has 10 heteroatoms. The Hall–Kier alpha value is -3.34. The first-order chi connectivity index (χ1) is 16.2. The topological polar surface area (TPSA) is 115 Å². The summed E-state index contributed by atoms with van der Waals surface area (Å²) in [5, 5.41) is 19.1. The van der Waals surface area contributed by atoms with Crippen molar-refractivity contribution >= 4 is 28.1 Å². The highest BCUT2D eigenvalue weighted by Crippen LogP contribution is 2.35. The van der Waals surface area contributed by atoms with Gasteiger partial charge in [-0.05, 0) is 12.5 Å². The number of anilines is 2. The SMILES string of the molecule is COCCCOC(Nc1ncnc2cc(N3CCNCC3)c([N+](=O)[O-])cc12)c1ccccc1. The second-order valence-corrected chi connectivity index (χ2v) is 7.73. The van der Waals surface area contributed by atoms with Crippen LogP contribution in [-0.4, -0.2) is 61.4 Å². The van der Waals surface area contributed by atoms with Crippen molar-refractivity contribution in [3.8, 4) is 0 Å². The lowest BCUT2D eigenvalue weighted by Gasteiger charge is -2.29. The number of hydrogen-bond donors (Lipinski definition) is 2. The molecule has 1 atom stereocenters. The van der Waals surface area contributed by atoms with Crippen molar-refractivity contribution in [1.82, 2.24) is 15.3 Å². The van der Waals surface area contributed by atoms with E-state index in [-0.39, 0.29) is 10.6 Å². The summed E-state index contributed by atoms with van der Waals surface area (Å²) >= 11 is 0. The normalized spacial score (nSPS) is 14.9. The van der Waals surface area contributed by atoms with E-state index in [0.29, 0.717) is 48.7 Å². The third-order valence-electron chi connectivity index (χ3n) is 5.53. The molecule has 1 aliphatic heterocycles. The fourth-order valence-electron chi connectivity index (χ4n) is 3.88. The van der Waals surface area contributed by atoms with Gasteiger partial charge in [-0.2, -0.15) is 0 Å². The van der Waals surface area contributed by atoms with Crippen LogP contribution in [0.25, 0.3) is 10.9 Å². The molecule has 1 aliphatic rings. The molecule has 0 amide bonds. The second-order valence-electron chi connectivity index (χ2n) is 7.73. The number of piperazine rings is 1. The third kappa shape index (κ3) is 5.54. The number of rotatable bonds is 10. The number of aromatic nitrogens is 2. The van der Waals surface area contributed by atoms with E-state index in [1.54, 1.807) is 19.2 Å². The predicted octanol–water partition coefficient (Wildman–Crippen LogP) is 3.11. The Labute approximate surface area is 192 Å². The maximum Gasteiger partial charge on any atom is 0.293 e. The van der Waals surface area contributed by atoms with Crippen LogP contribution in [0.5, 0.6) is 0 Å². The Bertz CT molecular complexity index is 1080. The Morgan fingerprint density at radius 3 is 2.70 bits per heavy atom. The molecule has 2 heterocycles. The number of nitrogens with zero attached hydrogens (tertiary/aromatic N) is 4. The van der Waals surface area contributed by atoms with E-state index < -0.39 is 6.23 Å². The molecule has 1 unspecified atom stereocenters. The molecule has 0 bridgehead atoms. The fourth-order valence-corrected chi connectivity index (χ4v) is 3.88. The first-order valence-electron chi connectivity index (χ1n) is 11.0. The van der Waals surface area contributed by atoms with E-state index >= 15 is 0 Å². The zero-order valence-electron chi connectivity index (χ0n) is 18.6. The smallest absolute Gasteiger partial charge is 0.293 e. The first kappa shape index (κ1) is 22.8. The molecule has 10 nitrogen and oxygen atoms in total. The highest BCUT2D eigenvalue weighted by Gasteiger charge is 2.24. The van der Waals surface area contributed by atoms with Gasteiger partial charge in [0.15, 0.2) is 6.23 Å². The zero-order chi connectivity index (χ0) is 23.0. The number of nitro benzene ring substituents is 1. The Morgan fingerprint density at radius 2 is 1.97 bits per heavy atom. The number of fused-ring (bicyclic) bond motifs is 1. The largest absolute Gasteiger partial charge is 0.385 e. The quantitative estimate of drug-likeness (QED) is 0.207. The van der Waals surface area contributed by atoms with E-state index in [9.17, 15) is 10.1 Å². The van der Waals surface area contributed by atoms with Gasteiger partial charge in [-0.3, -0.25) is 10.1 Å². The average molecular weight is 453 g/mol. The second kappa shape index (κ2) is 11.0. The molecule has 1 aromatic heterocycles. The van der Waals surface area contributed by atoms with Crippen molar-refractivity contribution < 1.29 is 14.4 Å². The first-order valence-corrected chi connectivity index (χ1v) is 11.0. The molecule has 0 saturated carbocycles. The van der Waals surface area contributed by atoms with Crippen molar-refractivity contribution in [2.45, 2.75) is 12.6 Å². The molecular formula is C23H28N6O4. The van der Waals surface area contributed by atoms with Crippen molar-refractivity contribution in [3.05, 3.63) is 64.5 Å². The zero-order valence-corrected chi connectivity index (χ0v) is 18.6. The molecule has 2 N–H and O–H groups in total. The molecule has 1 saturated heterocycles. The minimum absolute atomic E-state index is 0.0412. The molecule has 1 fully saturated rings. The lowest BCUT2D eigenvalue weighted by Crippen LogP contribution is -2.43. The molecule has 3 aromatic rings. The maximum absolute atomic E-state index is 11.9. The van der Waals surface area contributed by atoms with E-state index in [1.165, 1.54) is 6.33 Å². The van der Waals surface area contributed by atoms with Gasteiger partial charge in [0, 0.05) is 56.9 Å². The van der Waals surface area contributed by atoms with E-state index in [0.717, 1.165) is 25.1 Å². The van der Waals surface area contributed by atoms with Crippen LogP contribution in [0.1, 0.15) is 18.2 Å². The molecule has 2 aromatic carbocycles. The van der Waals surface area contributed by atoms with Crippen molar-refractivity contribution in [2.75, 3.05) is 56.7 Å². The number of benzene rings is 2. The highest BCUT2D eigenvalue weighted by atomic mass is 16.6. The summed E-state index contributed by atoms with van der Waals surface area (Å²) in [5.74, 6) is 0.482. The van der Waals surface area contributed by atoms with E-state index in [4.69, 9.17) is 9.47 Å². The number of nitro groups is 1. The van der Waals surface area contributed by atoms with Gasteiger partial charge in [-0.1, -0.05) is 30.3 Å². The molecule has 0 aliphatic carbocycles. The maximum atomic E-state index is 11.9. The summed E-state index contributed by atoms with van der Waals surface area (Å²) in [7, 11) is 1.65. The number of methoxy groups -OCH3 is 1. The number of hydrogen-bond acceptors (Lipinski definition) is 9. The van der Waals surface area contributed by atoms with Crippen LogP contribution < -0.4 is 15.5 Å². The van der Waals surface area contributed by atoms with Crippen LogP contribution in [-0.2, 0) is 9.47 Å². The number of nitrogens with one attached hydrogen (secondary N) is 2. The van der Waals surface area contributed by atoms with Gasteiger partial charge in [0.25, 0.3) is 5.69 Å². The highest BCUT2D eigenvalue weighted by molar-refractivity contribution is 5.94. The third-order valence-corrected chi connectivity index (χ3v) is 5.53. The molecule has 33 heavy (non-hydrogen) atoms. The monoisotopic (exact) mass is 452 g/mol. The summed E-state index contributed by atoms with van der Waals surface area (Å²) < 4.78 is 11.2. The molecule has 0 radical (unpaired) electrons. The minimum Gasteiger partial charge on any atom is -0.385 e. The van der Waals surface area contributed by atoms with Crippen LogP contribution in [0.15, 0.2) is 48.8 Å². The lowest BCUT2D eigenvalue weighted by molar-refractivity contribution is -0.384. The fraction of sp³-hybridized carbons (Fsp3) is 0.391. The van der Waals surface area contributed by atoms with Gasteiger partial charge in [-0.15, -0.1) is 0 Å². The van der Waals surface area contributed by atoms with Gasteiger partial charge >= 0.3 is 0 Å².